The maximum absolute atomic E-state index is 13.6. The first-order chi connectivity index (χ1) is 13.7. The zero-order chi connectivity index (χ0) is 21.2. The van der Waals surface area contributed by atoms with E-state index in [1.165, 1.54) is 0 Å². The summed E-state index contributed by atoms with van der Waals surface area (Å²) in [5.74, 6) is -0.553. The molecule has 1 heterocycles. The summed E-state index contributed by atoms with van der Waals surface area (Å²) in [6.07, 6.45) is 5.64. The molecular formula is C22H32N2O4S. The van der Waals surface area contributed by atoms with Crippen molar-refractivity contribution in [1.29, 1.82) is 0 Å². The number of rotatable bonds is 6. The van der Waals surface area contributed by atoms with Crippen LogP contribution in [-0.2, 0) is 19.4 Å². The molecule has 29 heavy (non-hydrogen) atoms. The van der Waals surface area contributed by atoms with Crippen molar-refractivity contribution < 1.29 is 18.0 Å². The number of carbonyl (C=O) groups excluding carboxylic acids is 2. The van der Waals surface area contributed by atoms with Crippen LogP contribution >= 0.6 is 0 Å². The van der Waals surface area contributed by atoms with E-state index in [1.807, 2.05) is 20.8 Å². The molecule has 7 heteroatoms. The highest BCUT2D eigenvalue weighted by molar-refractivity contribution is 7.92. The van der Waals surface area contributed by atoms with Gasteiger partial charge in [0, 0.05) is 18.5 Å². The minimum Gasteiger partial charge on any atom is -0.352 e. The highest BCUT2D eigenvalue weighted by Gasteiger charge is 2.48. The smallest absolute Gasteiger partial charge is 0.241 e. The number of benzene rings is 1. The molecule has 1 aromatic carbocycles. The van der Waals surface area contributed by atoms with Crippen LogP contribution in [0.25, 0.3) is 0 Å². The van der Waals surface area contributed by atoms with Crippen LogP contribution in [0.3, 0.4) is 0 Å². The fourth-order valence-electron chi connectivity index (χ4n) is 4.62. The molecule has 2 fully saturated rings. The molecule has 0 aromatic heterocycles. The number of aryl methyl sites for hydroxylation is 1. The van der Waals surface area contributed by atoms with Crippen molar-refractivity contribution in [2.24, 2.45) is 0 Å². The van der Waals surface area contributed by atoms with E-state index in [2.05, 4.69) is 5.32 Å². The Kier molecular flexibility index (Phi) is 6.66. The first-order valence-electron chi connectivity index (χ1n) is 10.6. The third-order valence-electron chi connectivity index (χ3n) is 6.10. The first kappa shape index (κ1) is 21.8. The average Bonchev–Trinajstić information content (AvgIpc) is 3.04. The summed E-state index contributed by atoms with van der Waals surface area (Å²) in [4.78, 5) is 27.5. The Morgan fingerprint density at radius 1 is 1.07 bits per heavy atom. The number of amides is 2. The SMILES string of the molecule is Cc1ccc(S(=O)(=O)[C@@H](C(=O)NC2CCCCC2)C2CCC(=O)N2C(C)C)cc1. The molecule has 2 amide bonds. The molecule has 160 valence electrons. The molecule has 1 aromatic rings. The zero-order valence-electron chi connectivity index (χ0n) is 17.6. The second kappa shape index (κ2) is 8.86. The Bertz CT molecular complexity index is 842. The normalized spacial score (nSPS) is 22.1. The number of nitrogens with one attached hydrogen (secondary N) is 1. The topological polar surface area (TPSA) is 83.5 Å². The highest BCUT2D eigenvalue weighted by Crippen LogP contribution is 2.31. The Morgan fingerprint density at radius 2 is 1.69 bits per heavy atom. The summed E-state index contributed by atoms with van der Waals surface area (Å²) < 4.78 is 27.2. The monoisotopic (exact) mass is 420 g/mol. The molecule has 0 spiro atoms. The Balaban J connectivity index is 1.97. The van der Waals surface area contributed by atoms with Crippen LogP contribution in [0.4, 0.5) is 0 Å². The summed E-state index contributed by atoms with van der Waals surface area (Å²) in [6.45, 7) is 5.62. The lowest BCUT2D eigenvalue weighted by atomic mass is 9.95. The molecule has 1 saturated heterocycles. The molecular weight excluding hydrogens is 388 g/mol. The van der Waals surface area contributed by atoms with E-state index in [0.29, 0.717) is 6.42 Å². The van der Waals surface area contributed by atoms with Gasteiger partial charge < -0.3 is 10.2 Å². The molecule has 6 nitrogen and oxygen atoms in total. The summed E-state index contributed by atoms with van der Waals surface area (Å²) in [7, 11) is -3.95. The number of sulfone groups is 1. The lowest BCUT2D eigenvalue weighted by molar-refractivity contribution is -0.131. The van der Waals surface area contributed by atoms with Crippen LogP contribution in [0.2, 0.25) is 0 Å². The zero-order valence-corrected chi connectivity index (χ0v) is 18.4. The standard InChI is InChI=1S/C22H32N2O4S/c1-15(2)24-19(13-14-20(24)25)21(22(26)23-17-7-5-4-6-8-17)29(27,28)18-11-9-16(3)10-12-18/h9-12,15,17,19,21H,4-8,13-14H2,1-3H3,(H,23,26)/t19?,21-/m1/s1. The molecule has 1 aliphatic heterocycles. The predicted octanol–water partition coefficient (Wildman–Crippen LogP) is 2.99. The van der Waals surface area contributed by atoms with E-state index in [0.717, 1.165) is 37.7 Å². The van der Waals surface area contributed by atoms with Crippen molar-refractivity contribution in [2.75, 3.05) is 0 Å². The van der Waals surface area contributed by atoms with Crippen molar-refractivity contribution in [2.45, 2.75) is 94.0 Å². The van der Waals surface area contributed by atoms with E-state index in [-0.39, 0.29) is 29.3 Å². The molecule has 0 radical (unpaired) electrons. The maximum atomic E-state index is 13.6. The van der Waals surface area contributed by atoms with Gasteiger partial charge in [-0.15, -0.1) is 0 Å². The number of likely N-dealkylation sites (tertiary alicyclic amines) is 1. The molecule has 2 atom stereocenters. The quantitative estimate of drug-likeness (QED) is 0.767. The second-order valence-electron chi connectivity index (χ2n) is 8.62. The Hall–Kier alpha value is -1.89. The number of hydrogen-bond donors (Lipinski definition) is 1. The highest BCUT2D eigenvalue weighted by atomic mass is 32.2. The number of carbonyl (C=O) groups is 2. The Morgan fingerprint density at radius 3 is 2.28 bits per heavy atom. The van der Waals surface area contributed by atoms with Gasteiger partial charge in [-0.3, -0.25) is 9.59 Å². The van der Waals surface area contributed by atoms with E-state index in [4.69, 9.17) is 0 Å². The van der Waals surface area contributed by atoms with Gasteiger partial charge in [-0.25, -0.2) is 8.42 Å². The van der Waals surface area contributed by atoms with Crippen LogP contribution in [-0.4, -0.2) is 48.5 Å². The number of nitrogens with zero attached hydrogens (tertiary/aromatic N) is 1. The van der Waals surface area contributed by atoms with Gasteiger partial charge in [0.2, 0.25) is 11.8 Å². The third kappa shape index (κ3) is 4.65. The molecule has 1 unspecified atom stereocenters. The third-order valence-corrected chi connectivity index (χ3v) is 8.22. The van der Waals surface area contributed by atoms with Gasteiger partial charge >= 0.3 is 0 Å². The van der Waals surface area contributed by atoms with Crippen LogP contribution in [0, 0.1) is 6.92 Å². The van der Waals surface area contributed by atoms with Gasteiger partial charge in [0.05, 0.1) is 10.9 Å². The van der Waals surface area contributed by atoms with Crippen molar-refractivity contribution >= 4 is 21.7 Å². The molecule has 0 bridgehead atoms. The molecule has 2 aliphatic rings. The largest absolute Gasteiger partial charge is 0.352 e. The number of hydrogen-bond acceptors (Lipinski definition) is 4. The molecule has 1 aliphatic carbocycles. The van der Waals surface area contributed by atoms with Crippen LogP contribution in [0.1, 0.15) is 64.4 Å². The van der Waals surface area contributed by atoms with Crippen LogP contribution in [0.5, 0.6) is 0 Å². The lowest BCUT2D eigenvalue weighted by Crippen LogP contribution is -2.55. The van der Waals surface area contributed by atoms with E-state index in [1.54, 1.807) is 29.2 Å². The average molecular weight is 421 g/mol. The minimum absolute atomic E-state index is 0.0107. The van der Waals surface area contributed by atoms with Crippen LogP contribution in [0.15, 0.2) is 29.2 Å². The van der Waals surface area contributed by atoms with Gasteiger partial charge in [-0.2, -0.15) is 0 Å². The predicted molar refractivity (Wildman–Crippen MR) is 112 cm³/mol. The van der Waals surface area contributed by atoms with E-state index >= 15 is 0 Å². The first-order valence-corrected chi connectivity index (χ1v) is 12.2. The lowest BCUT2D eigenvalue weighted by Gasteiger charge is -2.34. The molecule has 3 rings (SSSR count). The van der Waals surface area contributed by atoms with Gasteiger partial charge in [0.1, 0.15) is 0 Å². The van der Waals surface area contributed by atoms with E-state index in [9.17, 15) is 18.0 Å². The van der Waals surface area contributed by atoms with Crippen molar-refractivity contribution in [1.82, 2.24) is 10.2 Å². The van der Waals surface area contributed by atoms with Crippen molar-refractivity contribution in [3.63, 3.8) is 0 Å². The fraction of sp³-hybridized carbons (Fsp3) is 0.636. The van der Waals surface area contributed by atoms with Gasteiger partial charge in [0.25, 0.3) is 0 Å². The van der Waals surface area contributed by atoms with Gasteiger partial charge in [-0.05, 0) is 52.2 Å². The van der Waals surface area contributed by atoms with Crippen molar-refractivity contribution in [3.8, 4) is 0 Å². The molecule has 1 N–H and O–H groups in total. The van der Waals surface area contributed by atoms with Gasteiger partial charge in [-0.1, -0.05) is 37.0 Å². The van der Waals surface area contributed by atoms with Crippen LogP contribution < -0.4 is 5.32 Å². The minimum atomic E-state index is -3.95. The summed E-state index contributed by atoms with van der Waals surface area (Å²) in [6, 6.07) is 5.80. The summed E-state index contributed by atoms with van der Waals surface area (Å²) in [5.41, 5.74) is 0.951. The molecule has 1 saturated carbocycles. The fourth-order valence-corrected chi connectivity index (χ4v) is 6.46. The van der Waals surface area contributed by atoms with Gasteiger partial charge in [0.15, 0.2) is 15.1 Å². The maximum Gasteiger partial charge on any atom is 0.241 e. The second-order valence-corrected chi connectivity index (χ2v) is 10.7. The summed E-state index contributed by atoms with van der Waals surface area (Å²) >= 11 is 0. The summed E-state index contributed by atoms with van der Waals surface area (Å²) in [5, 5.41) is 1.71. The van der Waals surface area contributed by atoms with E-state index < -0.39 is 27.0 Å². The Labute approximate surface area is 174 Å². The van der Waals surface area contributed by atoms with Crippen molar-refractivity contribution in [3.05, 3.63) is 29.8 Å².